The van der Waals surface area contributed by atoms with Crippen molar-refractivity contribution in [2.75, 3.05) is 39.8 Å². The zero-order chi connectivity index (χ0) is 15.7. The normalized spacial score (nSPS) is 30.0. The van der Waals surface area contributed by atoms with Crippen LogP contribution in [0.25, 0.3) is 0 Å². The van der Waals surface area contributed by atoms with Crippen LogP contribution in [-0.4, -0.2) is 61.2 Å². The minimum absolute atomic E-state index is 0.462. The lowest BCUT2D eigenvalue weighted by Gasteiger charge is -2.46. The summed E-state index contributed by atoms with van der Waals surface area (Å²) in [5.74, 6) is 0.728. The Kier molecular flexibility index (Phi) is 4.44. The summed E-state index contributed by atoms with van der Waals surface area (Å²) in [6.45, 7) is 6.26. The van der Waals surface area contributed by atoms with Crippen LogP contribution in [0, 0.1) is 0 Å². The zero-order valence-electron chi connectivity index (χ0n) is 14.5. The number of rotatable bonds is 2. The van der Waals surface area contributed by atoms with Crippen LogP contribution in [0.3, 0.4) is 0 Å². The molecule has 3 saturated heterocycles. The van der Waals surface area contributed by atoms with Gasteiger partial charge in [0.2, 0.25) is 0 Å². The van der Waals surface area contributed by atoms with Crippen molar-refractivity contribution in [1.29, 1.82) is 0 Å². The van der Waals surface area contributed by atoms with Crippen LogP contribution in [0.15, 0.2) is 30.3 Å². The van der Waals surface area contributed by atoms with Gasteiger partial charge in [-0.05, 0) is 63.7 Å². The first kappa shape index (κ1) is 15.6. The molecule has 1 aromatic carbocycles. The Morgan fingerprint density at radius 1 is 1.04 bits per heavy atom. The van der Waals surface area contributed by atoms with Gasteiger partial charge in [0, 0.05) is 31.2 Å². The summed E-state index contributed by atoms with van der Waals surface area (Å²) < 4.78 is 0. The second kappa shape index (κ2) is 6.54. The summed E-state index contributed by atoms with van der Waals surface area (Å²) in [6.07, 6.45) is 6.76. The Bertz CT molecular complexity index is 501. The SMILES string of the molecule is CN1C[C@@H](c2ccccc2)CC12CCN(C1CCNCC1)CC2. The first-order chi connectivity index (χ1) is 11.3. The third-order valence-corrected chi connectivity index (χ3v) is 6.76. The maximum absolute atomic E-state index is 3.50. The van der Waals surface area contributed by atoms with E-state index in [1.54, 1.807) is 0 Å². The van der Waals surface area contributed by atoms with E-state index in [0.717, 1.165) is 12.0 Å². The van der Waals surface area contributed by atoms with E-state index in [-0.39, 0.29) is 0 Å². The van der Waals surface area contributed by atoms with Gasteiger partial charge in [0.25, 0.3) is 0 Å². The van der Waals surface area contributed by atoms with Crippen molar-refractivity contribution in [3.63, 3.8) is 0 Å². The van der Waals surface area contributed by atoms with Crippen LogP contribution in [0.4, 0.5) is 0 Å². The van der Waals surface area contributed by atoms with Gasteiger partial charge in [-0.1, -0.05) is 30.3 Å². The highest BCUT2D eigenvalue weighted by atomic mass is 15.3. The molecule has 4 rings (SSSR count). The molecule has 3 nitrogen and oxygen atoms in total. The van der Waals surface area contributed by atoms with Gasteiger partial charge < -0.3 is 10.2 Å². The topological polar surface area (TPSA) is 18.5 Å². The highest BCUT2D eigenvalue weighted by molar-refractivity contribution is 5.23. The monoisotopic (exact) mass is 313 g/mol. The van der Waals surface area contributed by atoms with Gasteiger partial charge in [0.1, 0.15) is 0 Å². The standard InChI is InChI=1S/C20H31N3/c1-22-16-18(17-5-3-2-4-6-17)15-20(22)9-13-23(14-10-20)19-7-11-21-12-8-19/h2-6,18-19,21H,7-16H2,1H3/t18-/m0/s1. The lowest BCUT2D eigenvalue weighted by atomic mass is 9.81. The molecule has 0 radical (unpaired) electrons. The number of piperidine rings is 2. The molecule has 0 unspecified atom stereocenters. The van der Waals surface area contributed by atoms with E-state index in [9.17, 15) is 0 Å². The quantitative estimate of drug-likeness (QED) is 0.906. The highest BCUT2D eigenvalue weighted by Crippen LogP contribution is 2.44. The smallest absolute Gasteiger partial charge is 0.0237 e. The second-order valence-electron chi connectivity index (χ2n) is 7.93. The maximum Gasteiger partial charge on any atom is 0.0237 e. The molecule has 1 atom stereocenters. The van der Waals surface area contributed by atoms with E-state index in [0.29, 0.717) is 5.54 Å². The van der Waals surface area contributed by atoms with Gasteiger partial charge in [0.05, 0.1) is 0 Å². The Hall–Kier alpha value is -0.900. The summed E-state index contributed by atoms with van der Waals surface area (Å²) >= 11 is 0. The summed E-state index contributed by atoms with van der Waals surface area (Å²) in [6, 6.07) is 12.0. The molecule has 0 saturated carbocycles. The summed E-state index contributed by atoms with van der Waals surface area (Å²) in [5, 5.41) is 3.50. The van der Waals surface area contributed by atoms with Crippen LogP contribution in [-0.2, 0) is 0 Å². The Balaban J connectivity index is 1.40. The fourth-order valence-electron chi connectivity index (χ4n) is 5.21. The van der Waals surface area contributed by atoms with Crippen LogP contribution in [0.1, 0.15) is 43.6 Å². The van der Waals surface area contributed by atoms with Gasteiger partial charge in [-0.3, -0.25) is 4.90 Å². The molecule has 3 fully saturated rings. The van der Waals surface area contributed by atoms with Crippen molar-refractivity contribution < 1.29 is 0 Å². The van der Waals surface area contributed by atoms with E-state index in [1.807, 2.05) is 0 Å². The molecule has 1 N–H and O–H groups in total. The van der Waals surface area contributed by atoms with Crippen molar-refractivity contribution in [2.24, 2.45) is 0 Å². The van der Waals surface area contributed by atoms with Crippen molar-refractivity contribution in [3.05, 3.63) is 35.9 Å². The summed E-state index contributed by atoms with van der Waals surface area (Å²) in [4.78, 5) is 5.47. The molecule has 3 heteroatoms. The van der Waals surface area contributed by atoms with Crippen molar-refractivity contribution in [1.82, 2.24) is 15.1 Å². The number of benzene rings is 1. The molecule has 0 amide bonds. The average molecular weight is 313 g/mol. The minimum atomic E-state index is 0.462. The first-order valence-electron chi connectivity index (χ1n) is 9.48. The van der Waals surface area contributed by atoms with Crippen molar-refractivity contribution in [3.8, 4) is 0 Å². The number of hydrogen-bond donors (Lipinski definition) is 1. The number of nitrogens with zero attached hydrogens (tertiary/aromatic N) is 2. The molecule has 3 aliphatic heterocycles. The van der Waals surface area contributed by atoms with Gasteiger partial charge in [-0.2, -0.15) is 0 Å². The Morgan fingerprint density at radius 3 is 2.43 bits per heavy atom. The Morgan fingerprint density at radius 2 is 1.74 bits per heavy atom. The number of likely N-dealkylation sites (N-methyl/N-ethyl adjacent to an activating group) is 1. The zero-order valence-corrected chi connectivity index (χ0v) is 14.5. The van der Waals surface area contributed by atoms with Gasteiger partial charge in [0.15, 0.2) is 0 Å². The van der Waals surface area contributed by atoms with E-state index >= 15 is 0 Å². The fraction of sp³-hybridized carbons (Fsp3) is 0.700. The Labute approximate surface area is 141 Å². The predicted molar refractivity (Wildman–Crippen MR) is 95.9 cm³/mol. The molecular formula is C20H31N3. The minimum Gasteiger partial charge on any atom is -0.317 e. The molecule has 23 heavy (non-hydrogen) atoms. The molecule has 0 aliphatic carbocycles. The molecule has 0 bridgehead atoms. The molecule has 1 aromatic rings. The van der Waals surface area contributed by atoms with Crippen molar-refractivity contribution >= 4 is 0 Å². The van der Waals surface area contributed by atoms with E-state index in [2.05, 4.69) is 52.5 Å². The summed E-state index contributed by atoms with van der Waals surface area (Å²) in [5.41, 5.74) is 2.00. The molecule has 1 spiro atoms. The second-order valence-corrected chi connectivity index (χ2v) is 7.93. The molecule has 126 valence electrons. The van der Waals surface area contributed by atoms with Crippen LogP contribution >= 0.6 is 0 Å². The van der Waals surface area contributed by atoms with Crippen LogP contribution < -0.4 is 5.32 Å². The molecule has 3 heterocycles. The fourth-order valence-corrected chi connectivity index (χ4v) is 5.21. The van der Waals surface area contributed by atoms with Crippen LogP contribution in [0.5, 0.6) is 0 Å². The lowest BCUT2D eigenvalue weighted by Crippen LogP contribution is -2.54. The molecular weight excluding hydrogens is 282 g/mol. The largest absolute Gasteiger partial charge is 0.317 e. The third kappa shape index (κ3) is 3.07. The number of hydrogen-bond acceptors (Lipinski definition) is 3. The average Bonchev–Trinajstić information content (AvgIpc) is 2.94. The first-order valence-corrected chi connectivity index (χ1v) is 9.48. The van der Waals surface area contributed by atoms with Gasteiger partial charge in [-0.15, -0.1) is 0 Å². The van der Waals surface area contributed by atoms with E-state index in [4.69, 9.17) is 0 Å². The lowest BCUT2D eigenvalue weighted by molar-refractivity contribution is 0.0415. The van der Waals surface area contributed by atoms with E-state index < -0.39 is 0 Å². The number of nitrogens with one attached hydrogen (secondary N) is 1. The van der Waals surface area contributed by atoms with E-state index in [1.165, 1.54) is 70.4 Å². The van der Waals surface area contributed by atoms with Gasteiger partial charge >= 0.3 is 0 Å². The van der Waals surface area contributed by atoms with Gasteiger partial charge in [-0.25, -0.2) is 0 Å². The van der Waals surface area contributed by atoms with Crippen molar-refractivity contribution in [2.45, 2.75) is 49.6 Å². The third-order valence-electron chi connectivity index (χ3n) is 6.76. The van der Waals surface area contributed by atoms with Crippen LogP contribution in [0.2, 0.25) is 0 Å². The molecule has 3 aliphatic rings. The summed E-state index contributed by atoms with van der Waals surface area (Å²) in [7, 11) is 2.36. The maximum atomic E-state index is 3.50. The molecule has 0 aromatic heterocycles. The predicted octanol–water partition coefficient (Wildman–Crippen LogP) is 2.69. The highest BCUT2D eigenvalue weighted by Gasteiger charge is 2.46. The number of likely N-dealkylation sites (tertiary alicyclic amines) is 2.